The van der Waals surface area contributed by atoms with E-state index in [9.17, 15) is 18.4 Å². The Morgan fingerprint density at radius 1 is 1.43 bits per heavy atom. The Bertz CT molecular complexity index is 573. The van der Waals surface area contributed by atoms with Crippen molar-refractivity contribution in [2.75, 3.05) is 13.7 Å². The third-order valence-corrected chi connectivity index (χ3v) is 3.73. The Morgan fingerprint density at radius 2 is 2.22 bits per heavy atom. The number of ether oxygens (including phenoxy) is 2. The van der Waals surface area contributed by atoms with Gasteiger partial charge in [-0.3, -0.25) is 4.79 Å². The number of methoxy groups -OCH3 is 1. The van der Waals surface area contributed by atoms with E-state index in [1.165, 1.54) is 0 Å². The number of halogens is 2. The first-order valence-corrected chi connectivity index (χ1v) is 7.45. The van der Waals surface area contributed by atoms with Crippen molar-refractivity contribution in [3.63, 3.8) is 0 Å². The van der Waals surface area contributed by atoms with Crippen LogP contribution in [-0.4, -0.2) is 31.7 Å². The van der Waals surface area contributed by atoms with Crippen LogP contribution in [0.1, 0.15) is 37.3 Å². The SMILES string of the molecule is COC(=O)[C@@H](NC(=O)CC[C@H]1CCCO1)c1cc(F)ccc1F. The van der Waals surface area contributed by atoms with Crippen molar-refractivity contribution in [3.05, 3.63) is 35.4 Å². The van der Waals surface area contributed by atoms with Gasteiger partial charge in [0.15, 0.2) is 6.04 Å². The number of rotatable bonds is 6. The van der Waals surface area contributed by atoms with Crippen LogP contribution in [0.2, 0.25) is 0 Å². The van der Waals surface area contributed by atoms with E-state index >= 15 is 0 Å². The minimum Gasteiger partial charge on any atom is -0.467 e. The average Bonchev–Trinajstić information content (AvgIpc) is 3.06. The first-order chi connectivity index (χ1) is 11.0. The smallest absolute Gasteiger partial charge is 0.333 e. The molecule has 0 unspecified atom stereocenters. The summed E-state index contributed by atoms with van der Waals surface area (Å²) in [5, 5.41) is 2.40. The fraction of sp³-hybridized carbons (Fsp3) is 0.500. The van der Waals surface area contributed by atoms with Crippen LogP contribution in [0.15, 0.2) is 18.2 Å². The van der Waals surface area contributed by atoms with Gasteiger partial charge in [0.05, 0.1) is 13.2 Å². The van der Waals surface area contributed by atoms with Gasteiger partial charge in [-0.25, -0.2) is 13.6 Å². The van der Waals surface area contributed by atoms with Gasteiger partial charge in [0.25, 0.3) is 0 Å². The van der Waals surface area contributed by atoms with E-state index in [4.69, 9.17) is 4.74 Å². The van der Waals surface area contributed by atoms with Crippen LogP contribution in [0, 0.1) is 11.6 Å². The van der Waals surface area contributed by atoms with Crippen molar-refractivity contribution >= 4 is 11.9 Å². The summed E-state index contributed by atoms with van der Waals surface area (Å²) in [6.07, 6.45) is 2.54. The average molecular weight is 327 g/mol. The Morgan fingerprint density at radius 3 is 2.87 bits per heavy atom. The largest absolute Gasteiger partial charge is 0.467 e. The lowest BCUT2D eigenvalue weighted by atomic mass is 10.0. The molecular formula is C16H19F2NO4. The van der Waals surface area contributed by atoms with Gasteiger partial charge in [-0.05, 0) is 37.5 Å². The lowest BCUT2D eigenvalue weighted by Gasteiger charge is -2.18. The van der Waals surface area contributed by atoms with Crippen molar-refractivity contribution < 1.29 is 27.8 Å². The summed E-state index contributed by atoms with van der Waals surface area (Å²) < 4.78 is 37.2. The molecule has 1 amide bonds. The van der Waals surface area contributed by atoms with Gasteiger partial charge < -0.3 is 14.8 Å². The molecule has 1 fully saturated rings. The summed E-state index contributed by atoms with van der Waals surface area (Å²) in [6.45, 7) is 0.686. The highest BCUT2D eigenvalue weighted by molar-refractivity contribution is 5.85. The normalized spacial score (nSPS) is 18.5. The second kappa shape index (κ2) is 8.01. The fourth-order valence-corrected chi connectivity index (χ4v) is 2.51. The molecule has 1 N–H and O–H groups in total. The summed E-state index contributed by atoms with van der Waals surface area (Å²) in [5.74, 6) is -2.80. The molecule has 1 aliphatic rings. The molecule has 1 aromatic rings. The molecule has 1 aromatic carbocycles. The zero-order valence-corrected chi connectivity index (χ0v) is 12.8. The van der Waals surface area contributed by atoms with Gasteiger partial charge >= 0.3 is 5.97 Å². The summed E-state index contributed by atoms with van der Waals surface area (Å²) >= 11 is 0. The quantitative estimate of drug-likeness (QED) is 0.814. The maximum absolute atomic E-state index is 13.9. The lowest BCUT2D eigenvalue weighted by Crippen LogP contribution is -2.35. The third-order valence-electron chi connectivity index (χ3n) is 3.73. The molecule has 5 nitrogen and oxygen atoms in total. The van der Waals surface area contributed by atoms with Crippen LogP contribution in [-0.2, 0) is 19.1 Å². The summed E-state index contributed by atoms with van der Waals surface area (Å²) in [6, 6.07) is 1.33. The van der Waals surface area contributed by atoms with Crippen LogP contribution in [0.25, 0.3) is 0 Å². The van der Waals surface area contributed by atoms with Crippen LogP contribution < -0.4 is 5.32 Å². The van der Waals surface area contributed by atoms with Crippen molar-refractivity contribution in [3.8, 4) is 0 Å². The van der Waals surface area contributed by atoms with Gasteiger partial charge in [0, 0.05) is 18.6 Å². The molecule has 2 atom stereocenters. The van der Waals surface area contributed by atoms with Crippen molar-refractivity contribution in [2.24, 2.45) is 0 Å². The van der Waals surface area contributed by atoms with Gasteiger partial charge in [-0.15, -0.1) is 0 Å². The minimum atomic E-state index is -1.38. The molecule has 0 radical (unpaired) electrons. The predicted octanol–water partition coefficient (Wildman–Crippen LogP) is 2.25. The molecule has 7 heteroatoms. The monoisotopic (exact) mass is 327 g/mol. The highest BCUT2D eigenvalue weighted by Crippen LogP contribution is 2.21. The first-order valence-electron chi connectivity index (χ1n) is 7.45. The first kappa shape index (κ1) is 17.3. The number of hydrogen-bond acceptors (Lipinski definition) is 4. The molecule has 126 valence electrons. The summed E-state index contributed by atoms with van der Waals surface area (Å²) in [5.41, 5.74) is -0.262. The number of nitrogens with one attached hydrogen (secondary N) is 1. The topological polar surface area (TPSA) is 64.6 Å². The molecule has 0 spiro atoms. The summed E-state index contributed by atoms with van der Waals surface area (Å²) in [7, 11) is 1.12. The zero-order chi connectivity index (χ0) is 16.8. The van der Waals surface area contributed by atoms with Crippen LogP contribution in [0.4, 0.5) is 8.78 Å². The van der Waals surface area contributed by atoms with E-state index in [0.717, 1.165) is 38.2 Å². The molecule has 1 heterocycles. The van der Waals surface area contributed by atoms with Gasteiger partial charge in [-0.2, -0.15) is 0 Å². The van der Waals surface area contributed by atoms with Gasteiger partial charge in [0.1, 0.15) is 11.6 Å². The van der Waals surface area contributed by atoms with E-state index in [2.05, 4.69) is 10.1 Å². The van der Waals surface area contributed by atoms with Crippen molar-refractivity contribution in [1.29, 1.82) is 0 Å². The van der Waals surface area contributed by atoms with E-state index in [-0.39, 0.29) is 18.1 Å². The second-order valence-electron chi connectivity index (χ2n) is 5.36. The van der Waals surface area contributed by atoms with Crippen LogP contribution in [0.5, 0.6) is 0 Å². The number of esters is 1. The van der Waals surface area contributed by atoms with E-state index < -0.39 is 29.6 Å². The van der Waals surface area contributed by atoms with Gasteiger partial charge in [0.2, 0.25) is 5.91 Å². The highest BCUT2D eigenvalue weighted by Gasteiger charge is 2.27. The molecule has 0 aliphatic carbocycles. The van der Waals surface area contributed by atoms with Crippen molar-refractivity contribution in [2.45, 2.75) is 37.8 Å². The maximum atomic E-state index is 13.9. The molecule has 0 aromatic heterocycles. The second-order valence-corrected chi connectivity index (χ2v) is 5.36. The number of carbonyl (C=O) groups is 2. The van der Waals surface area contributed by atoms with E-state index in [0.29, 0.717) is 13.0 Å². The number of amides is 1. The highest BCUT2D eigenvalue weighted by atomic mass is 19.1. The fourth-order valence-electron chi connectivity index (χ4n) is 2.51. The Kier molecular flexibility index (Phi) is 6.04. The van der Waals surface area contributed by atoms with E-state index in [1.54, 1.807) is 0 Å². The van der Waals surface area contributed by atoms with E-state index in [1.807, 2.05) is 0 Å². The molecule has 1 saturated heterocycles. The number of benzene rings is 1. The molecule has 1 aliphatic heterocycles. The number of carbonyl (C=O) groups excluding carboxylic acids is 2. The predicted molar refractivity (Wildman–Crippen MR) is 77.5 cm³/mol. The Balaban J connectivity index is 2.04. The minimum absolute atomic E-state index is 0.0308. The number of hydrogen-bond donors (Lipinski definition) is 1. The Labute approximate surface area is 133 Å². The lowest BCUT2D eigenvalue weighted by molar-refractivity contribution is -0.145. The molecule has 23 heavy (non-hydrogen) atoms. The van der Waals surface area contributed by atoms with Crippen LogP contribution in [0.3, 0.4) is 0 Å². The molecule has 0 bridgehead atoms. The molecular weight excluding hydrogens is 308 g/mol. The third kappa shape index (κ3) is 4.72. The summed E-state index contributed by atoms with van der Waals surface area (Å²) in [4.78, 5) is 23.8. The van der Waals surface area contributed by atoms with Crippen LogP contribution >= 0.6 is 0 Å². The van der Waals surface area contributed by atoms with Crippen molar-refractivity contribution in [1.82, 2.24) is 5.32 Å². The standard InChI is InChI=1S/C16H19F2NO4/c1-22-16(21)15(12-9-10(17)4-6-13(12)18)19-14(20)7-5-11-3-2-8-23-11/h4,6,9,11,15H,2-3,5,7-8H2,1H3,(H,19,20)/t11-,15+/m1/s1. The van der Waals surface area contributed by atoms with Gasteiger partial charge in [-0.1, -0.05) is 0 Å². The zero-order valence-electron chi connectivity index (χ0n) is 12.8. The molecule has 2 rings (SSSR count). The Hall–Kier alpha value is -2.02. The maximum Gasteiger partial charge on any atom is 0.333 e. The molecule has 0 saturated carbocycles.